The molecule has 0 saturated heterocycles. The molecule has 1 amide bonds. The first kappa shape index (κ1) is 14.7. The monoisotopic (exact) mass is 288 g/mol. The molecule has 1 heterocycles. The molecule has 7 nitrogen and oxygen atoms in total. The van der Waals surface area contributed by atoms with E-state index in [-0.39, 0.29) is 18.1 Å². The highest BCUT2D eigenvalue weighted by molar-refractivity contribution is 5.99. The van der Waals surface area contributed by atoms with Crippen LogP contribution in [0.2, 0.25) is 0 Å². The van der Waals surface area contributed by atoms with Gasteiger partial charge in [0, 0.05) is 43.1 Å². The number of benzene rings is 1. The Morgan fingerprint density at radius 1 is 1.38 bits per heavy atom. The lowest BCUT2D eigenvalue weighted by atomic mass is 10.1. The molecule has 0 unspecified atom stereocenters. The molecule has 0 aliphatic carbocycles. The third kappa shape index (κ3) is 3.07. The largest absolute Gasteiger partial charge is 0.376 e. The van der Waals surface area contributed by atoms with Crippen LogP contribution in [0.5, 0.6) is 0 Å². The lowest BCUT2D eigenvalue weighted by molar-refractivity contribution is -0.383. The summed E-state index contributed by atoms with van der Waals surface area (Å²) in [6, 6.07) is 4.62. The smallest absolute Gasteiger partial charge is 0.277 e. The number of carbonyl (C=O) groups is 1. The third-order valence-electron chi connectivity index (χ3n) is 3.32. The second-order valence-electron chi connectivity index (χ2n) is 4.57. The number of rotatable bonds is 5. The van der Waals surface area contributed by atoms with E-state index in [1.54, 1.807) is 30.3 Å². The quantitative estimate of drug-likeness (QED) is 0.671. The number of nitro groups is 1. The molecule has 0 radical (unpaired) electrons. The number of nitrogens with zero attached hydrogens (tertiary/aromatic N) is 3. The van der Waals surface area contributed by atoms with Crippen molar-refractivity contribution >= 4 is 28.1 Å². The van der Waals surface area contributed by atoms with Gasteiger partial charge < -0.3 is 10.2 Å². The van der Waals surface area contributed by atoms with Gasteiger partial charge >= 0.3 is 0 Å². The first-order chi connectivity index (χ1) is 10.0. The molecule has 2 rings (SSSR count). The van der Waals surface area contributed by atoms with E-state index in [2.05, 4.69) is 10.3 Å². The first-order valence-corrected chi connectivity index (χ1v) is 6.53. The van der Waals surface area contributed by atoms with E-state index in [1.807, 2.05) is 6.92 Å². The van der Waals surface area contributed by atoms with E-state index in [4.69, 9.17) is 0 Å². The van der Waals surface area contributed by atoms with Crippen molar-refractivity contribution in [2.75, 3.05) is 25.5 Å². The molecule has 1 aromatic heterocycles. The summed E-state index contributed by atoms with van der Waals surface area (Å²) in [5.41, 5.74) is 0.677. The Balaban J connectivity index is 2.32. The number of hydrogen-bond acceptors (Lipinski definition) is 5. The van der Waals surface area contributed by atoms with Gasteiger partial charge in [0.05, 0.1) is 16.9 Å². The number of pyridine rings is 1. The highest BCUT2D eigenvalue weighted by Crippen LogP contribution is 2.30. The van der Waals surface area contributed by atoms with E-state index in [0.29, 0.717) is 23.0 Å². The summed E-state index contributed by atoms with van der Waals surface area (Å²) in [5, 5.41) is 15.2. The number of carbonyl (C=O) groups excluding carboxylic acids is 1. The lowest BCUT2D eigenvalue weighted by Gasteiger charge is -2.16. The average molecular weight is 288 g/mol. The Bertz CT molecular complexity index is 687. The highest BCUT2D eigenvalue weighted by Gasteiger charge is 2.15. The molecule has 21 heavy (non-hydrogen) atoms. The van der Waals surface area contributed by atoms with Crippen LogP contribution in [0.25, 0.3) is 10.8 Å². The summed E-state index contributed by atoms with van der Waals surface area (Å²) in [6.07, 6.45) is 3.06. The predicted molar refractivity (Wildman–Crippen MR) is 80.2 cm³/mol. The summed E-state index contributed by atoms with van der Waals surface area (Å²) < 4.78 is 0. The van der Waals surface area contributed by atoms with Crippen molar-refractivity contribution in [3.63, 3.8) is 0 Å². The van der Waals surface area contributed by atoms with Gasteiger partial charge in [-0.25, -0.2) is 0 Å². The maximum absolute atomic E-state index is 11.8. The Kier molecular flexibility index (Phi) is 4.32. The number of amides is 1. The van der Waals surface area contributed by atoms with E-state index in [1.165, 1.54) is 12.3 Å². The molecule has 2 aromatic rings. The number of aromatic nitrogens is 1. The third-order valence-corrected chi connectivity index (χ3v) is 3.32. The lowest BCUT2D eigenvalue weighted by Crippen LogP contribution is -2.31. The molecule has 1 aromatic carbocycles. The summed E-state index contributed by atoms with van der Waals surface area (Å²) in [4.78, 5) is 28.0. The Hall–Kier alpha value is -2.70. The van der Waals surface area contributed by atoms with Gasteiger partial charge in [-0.1, -0.05) is 0 Å². The van der Waals surface area contributed by atoms with Crippen molar-refractivity contribution in [1.82, 2.24) is 9.88 Å². The van der Waals surface area contributed by atoms with Crippen molar-refractivity contribution in [2.24, 2.45) is 0 Å². The molecule has 0 fully saturated rings. The maximum Gasteiger partial charge on any atom is 0.277 e. The van der Waals surface area contributed by atoms with Crippen LogP contribution in [0.1, 0.15) is 6.92 Å². The van der Waals surface area contributed by atoms with Crippen molar-refractivity contribution in [3.05, 3.63) is 40.7 Å². The zero-order valence-corrected chi connectivity index (χ0v) is 11.9. The van der Waals surface area contributed by atoms with Crippen LogP contribution < -0.4 is 5.32 Å². The summed E-state index contributed by atoms with van der Waals surface area (Å²) in [6.45, 7) is 2.65. The van der Waals surface area contributed by atoms with Crippen LogP contribution in [0.15, 0.2) is 30.6 Å². The number of non-ortho nitro benzene ring substituents is 1. The van der Waals surface area contributed by atoms with Crippen LogP contribution in [-0.4, -0.2) is 40.9 Å². The summed E-state index contributed by atoms with van der Waals surface area (Å²) in [7, 11) is 1.72. The highest BCUT2D eigenvalue weighted by atomic mass is 16.6. The molecule has 110 valence electrons. The van der Waals surface area contributed by atoms with Gasteiger partial charge in [0.2, 0.25) is 5.91 Å². The van der Waals surface area contributed by atoms with Crippen LogP contribution in [0, 0.1) is 10.1 Å². The van der Waals surface area contributed by atoms with E-state index >= 15 is 0 Å². The van der Waals surface area contributed by atoms with Gasteiger partial charge in [-0.2, -0.15) is 0 Å². The molecular formula is C14H16N4O3. The minimum Gasteiger partial charge on any atom is -0.376 e. The Morgan fingerprint density at radius 2 is 2.14 bits per heavy atom. The number of fused-ring (bicyclic) bond motifs is 1. The normalized spacial score (nSPS) is 10.4. The van der Waals surface area contributed by atoms with Crippen LogP contribution in [0.3, 0.4) is 0 Å². The standard InChI is InChI=1S/C14H16N4O3/c1-3-17(2)14(19)9-16-12-4-5-13(18(20)21)10-6-7-15-8-11(10)12/h4-8,16H,3,9H2,1-2H3. The van der Waals surface area contributed by atoms with E-state index in [0.717, 1.165) is 0 Å². The molecule has 0 atom stereocenters. The van der Waals surface area contributed by atoms with E-state index in [9.17, 15) is 14.9 Å². The Morgan fingerprint density at radius 3 is 2.81 bits per heavy atom. The molecule has 0 bridgehead atoms. The molecule has 0 aliphatic rings. The fourth-order valence-electron chi connectivity index (χ4n) is 1.97. The molecule has 0 saturated carbocycles. The molecular weight excluding hydrogens is 272 g/mol. The zero-order valence-electron chi connectivity index (χ0n) is 11.9. The fourth-order valence-corrected chi connectivity index (χ4v) is 1.97. The number of hydrogen-bond donors (Lipinski definition) is 1. The molecule has 0 aliphatic heterocycles. The summed E-state index contributed by atoms with van der Waals surface area (Å²) in [5.74, 6) is -0.0482. The predicted octanol–water partition coefficient (Wildman–Crippen LogP) is 2.03. The van der Waals surface area contributed by atoms with Gasteiger partial charge in [-0.05, 0) is 19.1 Å². The van der Waals surface area contributed by atoms with Gasteiger partial charge in [0.25, 0.3) is 5.69 Å². The Labute approximate surface area is 121 Å². The van der Waals surface area contributed by atoms with Crippen LogP contribution in [-0.2, 0) is 4.79 Å². The maximum atomic E-state index is 11.8. The van der Waals surface area contributed by atoms with Gasteiger partial charge in [0.1, 0.15) is 0 Å². The van der Waals surface area contributed by atoms with Gasteiger partial charge in [-0.3, -0.25) is 19.9 Å². The second-order valence-corrected chi connectivity index (χ2v) is 4.57. The number of nitrogens with one attached hydrogen (secondary N) is 1. The molecule has 0 spiro atoms. The average Bonchev–Trinajstić information content (AvgIpc) is 2.51. The van der Waals surface area contributed by atoms with Crippen LogP contribution in [0.4, 0.5) is 11.4 Å². The minimum absolute atomic E-state index is 0.0231. The number of likely N-dealkylation sites (N-methyl/N-ethyl adjacent to an activating group) is 1. The zero-order chi connectivity index (χ0) is 15.4. The first-order valence-electron chi connectivity index (χ1n) is 6.53. The van der Waals surface area contributed by atoms with E-state index < -0.39 is 4.92 Å². The molecule has 1 N–H and O–H groups in total. The number of nitro benzene ring substituents is 1. The van der Waals surface area contributed by atoms with Gasteiger partial charge in [-0.15, -0.1) is 0 Å². The fraction of sp³-hybridized carbons (Fsp3) is 0.286. The minimum atomic E-state index is -0.428. The summed E-state index contributed by atoms with van der Waals surface area (Å²) >= 11 is 0. The van der Waals surface area contributed by atoms with Crippen molar-refractivity contribution in [2.45, 2.75) is 6.92 Å². The molecule has 7 heteroatoms. The van der Waals surface area contributed by atoms with Crippen LogP contribution >= 0.6 is 0 Å². The van der Waals surface area contributed by atoms with Crippen molar-refractivity contribution in [3.8, 4) is 0 Å². The second kappa shape index (κ2) is 6.17. The van der Waals surface area contributed by atoms with Crippen molar-refractivity contribution < 1.29 is 9.72 Å². The SMILES string of the molecule is CCN(C)C(=O)CNc1ccc([N+](=O)[O-])c2ccncc12. The van der Waals surface area contributed by atoms with Gasteiger partial charge in [0.15, 0.2) is 0 Å². The van der Waals surface area contributed by atoms with Crippen molar-refractivity contribution in [1.29, 1.82) is 0 Å². The topological polar surface area (TPSA) is 88.4 Å². The number of anilines is 1.